The Morgan fingerprint density at radius 2 is 1.40 bits per heavy atom. The van der Waals surface area contributed by atoms with E-state index < -0.39 is 78.5 Å². The van der Waals surface area contributed by atoms with E-state index in [4.69, 9.17) is 39.6 Å². The number of hydrogen-bond donors (Lipinski definition) is 6. The van der Waals surface area contributed by atoms with Gasteiger partial charge in [-0.15, -0.1) is 68.0 Å². The first-order valence-corrected chi connectivity index (χ1v) is 33.6. The molecule has 1 unspecified atom stereocenters. The average molecular weight is 1320 g/mol. The zero-order valence-corrected chi connectivity index (χ0v) is 54.0. The Morgan fingerprint density at radius 3 is 2.12 bits per heavy atom. The van der Waals surface area contributed by atoms with E-state index in [-0.39, 0.29) is 72.3 Å². The van der Waals surface area contributed by atoms with Crippen LogP contribution in [-0.2, 0) is 35.3 Å². The van der Waals surface area contributed by atoms with Gasteiger partial charge in [-0.05, 0) is 62.1 Å². The quantitative estimate of drug-likeness (QED) is 0.0589. The normalized spacial score (nSPS) is 18.8. The number of carbonyl (C=O) groups excluding carboxylic acids is 6. The molecule has 0 radical (unpaired) electrons. The summed E-state index contributed by atoms with van der Waals surface area (Å²) < 4.78 is 5.50. The van der Waals surface area contributed by atoms with Gasteiger partial charge in [0.05, 0.1) is 53.2 Å². The minimum Gasteiger partial charge on any atom is -0.481 e. The van der Waals surface area contributed by atoms with Crippen molar-refractivity contribution in [2.45, 2.75) is 103 Å². The van der Waals surface area contributed by atoms with Gasteiger partial charge in [-0.2, -0.15) is 0 Å². The first-order valence-electron chi connectivity index (χ1n) is 28.5. The van der Waals surface area contributed by atoms with Gasteiger partial charge in [0.1, 0.15) is 71.6 Å². The molecule has 29 heteroatoms. The van der Waals surface area contributed by atoms with E-state index in [1.807, 2.05) is 56.5 Å². The van der Waals surface area contributed by atoms with Crippen LogP contribution in [0.15, 0.2) is 64.0 Å². The molecule has 0 saturated heterocycles. The number of nitrogens with one attached hydrogen (secondary N) is 4. The number of pyridine rings is 1. The fourth-order valence-corrected chi connectivity index (χ4v) is 16.3. The molecule has 2 aliphatic rings. The van der Waals surface area contributed by atoms with Crippen molar-refractivity contribution in [3.63, 3.8) is 0 Å². The van der Waals surface area contributed by atoms with E-state index in [1.54, 1.807) is 35.2 Å². The highest BCUT2D eigenvalue weighted by molar-refractivity contribution is 7.15. The number of fused-ring (bicyclic) bond motifs is 14. The molecule has 4 atom stereocenters. The van der Waals surface area contributed by atoms with Gasteiger partial charge < -0.3 is 36.2 Å². The molecule has 5 amide bonds. The number of amides is 5. The lowest BCUT2D eigenvalue weighted by Crippen LogP contribution is -2.40. The lowest BCUT2D eigenvalue weighted by Gasteiger charge is -2.27. The van der Waals surface area contributed by atoms with Crippen molar-refractivity contribution in [1.29, 1.82) is 0 Å². The Morgan fingerprint density at radius 1 is 0.708 bits per heavy atom. The van der Waals surface area contributed by atoms with Crippen molar-refractivity contribution in [2.75, 3.05) is 32.1 Å². The van der Waals surface area contributed by atoms with Gasteiger partial charge in [0.25, 0.3) is 11.8 Å². The summed E-state index contributed by atoms with van der Waals surface area (Å²) in [5, 5.41) is 40.4. The predicted molar refractivity (Wildman–Crippen MR) is 340 cm³/mol. The number of thiazole rings is 6. The van der Waals surface area contributed by atoms with Gasteiger partial charge in [0.2, 0.25) is 17.7 Å². The Kier molecular flexibility index (Phi) is 20.4. The Hall–Kier alpha value is -7.93. The predicted octanol–water partition coefficient (Wildman–Crippen LogP) is 9.97. The van der Waals surface area contributed by atoms with Crippen molar-refractivity contribution < 1.29 is 53.3 Å². The van der Waals surface area contributed by atoms with E-state index in [0.717, 1.165) is 33.1 Å². The number of carboxylic acids is 2. The molecule has 1 fully saturated rings. The van der Waals surface area contributed by atoms with Crippen LogP contribution in [0, 0.1) is 24.7 Å². The lowest BCUT2D eigenvalue weighted by atomic mass is 9.80. The fourth-order valence-electron chi connectivity index (χ4n) is 10.6. The van der Waals surface area contributed by atoms with Crippen LogP contribution in [0.1, 0.15) is 151 Å². The molecule has 1 aliphatic carbocycles. The van der Waals surface area contributed by atoms with Gasteiger partial charge in [0, 0.05) is 70.8 Å². The molecule has 89 heavy (non-hydrogen) atoms. The van der Waals surface area contributed by atoms with Crippen molar-refractivity contribution in [3.05, 3.63) is 111 Å². The average Bonchev–Trinajstić information content (AvgIpc) is 2.72. The fraction of sp³-hybridized carbons (Fsp3) is 0.383. The molecular formula is C60H62N12O11S6. The van der Waals surface area contributed by atoms with Gasteiger partial charge >= 0.3 is 11.9 Å². The maximum Gasteiger partial charge on any atom is 0.323 e. The van der Waals surface area contributed by atoms with E-state index in [1.165, 1.54) is 59.5 Å². The molecule has 1 aromatic carbocycles. The lowest BCUT2D eigenvalue weighted by molar-refractivity contribution is -0.143. The highest BCUT2D eigenvalue weighted by atomic mass is 32.1. The maximum atomic E-state index is 14.4. The van der Waals surface area contributed by atoms with Gasteiger partial charge in [0.15, 0.2) is 5.78 Å². The highest BCUT2D eigenvalue weighted by Crippen LogP contribution is 2.42. The monoisotopic (exact) mass is 1320 g/mol. The molecule has 0 spiro atoms. The van der Waals surface area contributed by atoms with Crippen LogP contribution in [-0.4, -0.2) is 120 Å². The number of aliphatic carboxylic acids is 2. The third-order valence-corrected chi connectivity index (χ3v) is 21.3. The number of benzene rings is 1. The minimum atomic E-state index is -1.24. The first kappa shape index (κ1) is 64.1. The molecule has 6 N–H and O–H groups in total. The minimum absolute atomic E-state index is 0.0163. The number of aromatic nitrogens is 7. The number of anilines is 1. The van der Waals surface area contributed by atoms with E-state index >= 15 is 0 Å². The van der Waals surface area contributed by atoms with Gasteiger partial charge in [-0.1, -0.05) is 51.1 Å². The third kappa shape index (κ3) is 14.9. The number of nitrogens with zero attached hydrogens (tertiary/aromatic N) is 8. The van der Waals surface area contributed by atoms with Crippen LogP contribution in [0.3, 0.4) is 0 Å². The van der Waals surface area contributed by atoms with Crippen LogP contribution in [0.5, 0.6) is 0 Å². The highest BCUT2D eigenvalue weighted by Gasteiger charge is 2.34. The molecule has 1 aliphatic heterocycles. The van der Waals surface area contributed by atoms with Gasteiger partial charge in [-0.3, -0.25) is 43.3 Å². The topological polar surface area (TPSA) is 328 Å². The van der Waals surface area contributed by atoms with Crippen LogP contribution in [0.25, 0.3) is 43.4 Å². The van der Waals surface area contributed by atoms with Crippen molar-refractivity contribution in [1.82, 2.24) is 56.2 Å². The second-order valence-electron chi connectivity index (χ2n) is 21.9. The molecule has 464 valence electrons. The molecule has 1 saturated carbocycles. The zero-order valence-electron chi connectivity index (χ0n) is 49.1. The number of Topliss-reactive ketones (excluding diaryl/α,β-unsaturated/α-hetero) is 1. The van der Waals surface area contributed by atoms with Crippen molar-refractivity contribution in [3.8, 4) is 43.4 Å². The van der Waals surface area contributed by atoms with Crippen LogP contribution in [0.4, 0.5) is 5.82 Å². The molecule has 10 bridgehead atoms. The molecule has 8 aromatic rings. The number of carboxylic acid groups (broad SMARTS) is 2. The molecule has 7 aromatic heterocycles. The number of ketones is 1. The molecular weight excluding hydrogens is 1260 g/mol. The number of rotatable bonds is 14. The Balaban J connectivity index is 1.04. The standard InChI is InChI=1S/C60H62N12O11S6/c1-28(2)35-19-41(73)49-30(4)88-58(70-49)37(20-44(74)61-5)64-52(79)39-25-84-54(66-39)34-16-17-36(56-68-43(27-87-56)72(22-47(77)78)46(76)18-31-12-14-33(15-13-31)60(81)82)63-50(34)38-24-85-57(65-38)40-26-86-59(67-40)48(29(3)32-10-8-7-9-11-32)69-45(75)21-62-53(80)51-42(23-83-6)89-55(35)71-51/h7-11,16-17,24-29,31,33,35,37,48H,12-15,18-23H2,1-6H3,(H,61,74)(H,62,80)(H,64,79)(H,69,75)(H,77,78)(H,81,82)/t29-,31?,33?,35?,37-,48-/m0/s1. The summed E-state index contributed by atoms with van der Waals surface area (Å²) in [6, 6.07) is 11.5. The Bertz CT molecular complexity index is 3960. The number of ether oxygens (including phenoxy) is 1. The summed E-state index contributed by atoms with van der Waals surface area (Å²) in [4.78, 5) is 144. The number of hydrogen-bond acceptors (Lipinski definition) is 22. The second-order valence-corrected chi connectivity index (χ2v) is 27.7. The smallest absolute Gasteiger partial charge is 0.323 e. The van der Waals surface area contributed by atoms with E-state index in [9.17, 15) is 48.6 Å². The summed E-state index contributed by atoms with van der Waals surface area (Å²) >= 11 is 7.35. The molecule has 8 heterocycles. The van der Waals surface area contributed by atoms with Crippen LogP contribution >= 0.6 is 68.0 Å². The largest absolute Gasteiger partial charge is 0.481 e. The number of carbonyl (C=O) groups is 8. The Labute approximate surface area is 534 Å². The molecule has 23 nitrogen and oxygen atoms in total. The summed E-state index contributed by atoms with van der Waals surface area (Å²) in [7, 11) is 2.97. The van der Waals surface area contributed by atoms with Crippen LogP contribution < -0.4 is 26.2 Å². The van der Waals surface area contributed by atoms with Crippen molar-refractivity contribution >= 4 is 121 Å². The van der Waals surface area contributed by atoms with Crippen LogP contribution in [0.2, 0.25) is 0 Å². The summed E-state index contributed by atoms with van der Waals surface area (Å²) in [5.41, 5.74) is 3.24. The third-order valence-electron chi connectivity index (χ3n) is 15.5. The molecule has 10 rings (SSSR count). The van der Waals surface area contributed by atoms with Crippen molar-refractivity contribution in [2.24, 2.45) is 17.8 Å². The zero-order chi connectivity index (χ0) is 63.2. The maximum absolute atomic E-state index is 14.4. The van der Waals surface area contributed by atoms with Gasteiger partial charge in [-0.25, -0.2) is 34.9 Å². The number of methoxy groups -OCH3 is 1. The second kappa shape index (κ2) is 28.3. The first-order chi connectivity index (χ1) is 42.7. The SMILES string of the molecule is CNC(=O)C[C@@H]1NC(=O)c2csc(n2)-c2ccc(-c3nc(N(CC(=O)O)C(=O)CC4CCC(C(=O)O)CC4)cs3)nc2-c2csc(n2)-c2csc(n2)[C@H]([C@@H](C)c2ccccc2)NC(=O)CNC(=O)c2nc(sc2COC)C(C(C)C)CC(=O)c2nc1sc2C. The number of aryl methyl sites for hydroxylation is 1. The van der Waals surface area contributed by atoms with E-state index in [0.29, 0.717) is 93.8 Å². The van der Waals surface area contributed by atoms with E-state index in [2.05, 4.69) is 21.3 Å². The summed E-state index contributed by atoms with van der Waals surface area (Å²) in [6.45, 7) is 6.62. The summed E-state index contributed by atoms with van der Waals surface area (Å²) in [5.74, 6) is -6.36. The summed E-state index contributed by atoms with van der Waals surface area (Å²) in [6.07, 6.45) is 1.68.